The van der Waals surface area contributed by atoms with Crippen molar-refractivity contribution in [1.82, 2.24) is 0 Å². The van der Waals surface area contributed by atoms with Crippen LogP contribution in [0.2, 0.25) is 46.3 Å². The second kappa shape index (κ2) is 21.2. The number of hydrogen-bond acceptors (Lipinski definition) is 13. The lowest BCUT2D eigenvalue weighted by molar-refractivity contribution is -0.343. The van der Waals surface area contributed by atoms with Crippen LogP contribution in [0, 0.1) is 16.7 Å². The van der Waals surface area contributed by atoms with Crippen LogP contribution in [0.5, 0.6) is 0 Å². The molecule has 391 valence electrons. The monoisotopic (exact) mass is 1030 g/mol. The largest absolute Gasteiger partial charge is 0.455 e. The molecule has 13 nitrogen and oxygen atoms in total. The van der Waals surface area contributed by atoms with E-state index in [0.29, 0.717) is 11.1 Å². The second-order valence-electron chi connectivity index (χ2n) is 23.1. The van der Waals surface area contributed by atoms with Crippen molar-refractivity contribution in [1.29, 1.82) is 0 Å². The Bertz CT molecular complexity index is 2000. The van der Waals surface area contributed by atoms with Gasteiger partial charge in [0.15, 0.2) is 11.4 Å². The highest BCUT2D eigenvalue weighted by Gasteiger charge is 2.80. The van der Waals surface area contributed by atoms with Gasteiger partial charge in [0.2, 0.25) is 9.04 Å². The molecule has 2 bridgehead atoms. The van der Waals surface area contributed by atoms with E-state index in [4.69, 9.17) is 45.2 Å². The van der Waals surface area contributed by atoms with E-state index in [1.54, 1.807) is 45.6 Å². The van der Waals surface area contributed by atoms with E-state index < -0.39 is 105 Å². The maximum Gasteiger partial charge on any atom is 0.344 e. The third-order valence-corrected chi connectivity index (χ3v) is 31.2. The number of carbonyl (C=O) groups is 3. The van der Waals surface area contributed by atoms with Gasteiger partial charge in [0.25, 0.3) is 0 Å². The van der Waals surface area contributed by atoms with Crippen LogP contribution in [0.15, 0.2) is 41.5 Å². The predicted molar refractivity (Wildman–Crippen MR) is 277 cm³/mol. The maximum absolute atomic E-state index is 17.4. The van der Waals surface area contributed by atoms with E-state index in [1.165, 1.54) is 6.92 Å². The van der Waals surface area contributed by atoms with Crippen LogP contribution in [0.25, 0.3) is 0 Å². The van der Waals surface area contributed by atoms with E-state index >= 15 is 9.59 Å². The topological polar surface area (TPSA) is 144 Å². The van der Waals surface area contributed by atoms with Gasteiger partial charge in [-0.25, -0.2) is 4.79 Å². The lowest BCUT2D eigenvalue weighted by Crippen LogP contribution is -2.83. The van der Waals surface area contributed by atoms with Gasteiger partial charge >= 0.3 is 37.6 Å². The Morgan fingerprint density at radius 1 is 0.739 bits per heavy atom. The summed E-state index contributed by atoms with van der Waals surface area (Å²) in [6, 6.07) is 8.88. The third-order valence-electron chi connectivity index (χ3n) is 16.9. The molecule has 4 aliphatic rings. The van der Waals surface area contributed by atoms with Gasteiger partial charge in [0, 0.05) is 46.5 Å². The lowest BCUT2D eigenvalue weighted by Gasteiger charge is -2.69. The van der Waals surface area contributed by atoms with Crippen LogP contribution < -0.4 is 0 Å². The molecule has 2 saturated carbocycles. The standard InChI is InChI=1S/C52H89O13Si4/c1-31(2)67(56-18,32(3)4)62-40-29-52(65-66(21)22)47(60-48(55)39-26-24-23-25-27-39)45-50(17,46(54)44(43(37(40)13)49(52,15)16)64-69(58-20,35(9)10)36(11)12)41(63-68(57-19,33(5)6)34(7)8)28-42-51(45,30-59-42)61-38(14)53/h23-27,31-36,40-42,44-45,47H,28-30H2,1-22H3/t40-,41-,42+,44+,45?,47-,50+,51-,52+/m0/s1. The van der Waals surface area contributed by atoms with E-state index in [-0.39, 0.29) is 58.5 Å². The summed E-state index contributed by atoms with van der Waals surface area (Å²) in [6.07, 6.45) is -4.42. The number of hydrogen-bond donors (Lipinski definition) is 0. The minimum absolute atomic E-state index is 0.0245. The quantitative estimate of drug-likeness (QED) is 0.0695. The number of rotatable bonds is 20. The summed E-state index contributed by atoms with van der Waals surface area (Å²) in [4.78, 5) is 46.5. The molecule has 17 heteroatoms. The maximum atomic E-state index is 17.4. The molecule has 5 rings (SSSR count). The van der Waals surface area contributed by atoms with Crippen LogP contribution in [0.3, 0.4) is 0 Å². The summed E-state index contributed by atoms with van der Waals surface area (Å²) in [5, 5.41) is 0. The van der Waals surface area contributed by atoms with Crippen LogP contribution in [-0.4, -0.2) is 122 Å². The normalized spacial score (nSPS) is 30.8. The summed E-state index contributed by atoms with van der Waals surface area (Å²) >= 11 is 0. The fraction of sp³-hybridized carbons (Fsp3) is 0.788. The Balaban J connectivity index is 2.09. The van der Waals surface area contributed by atoms with Gasteiger partial charge in [0.1, 0.15) is 23.9 Å². The summed E-state index contributed by atoms with van der Waals surface area (Å²) < 4.78 is 71.3. The van der Waals surface area contributed by atoms with Crippen molar-refractivity contribution in [2.45, 2.75) is 219 Å². The molecule has 1 aromatic carbocycles. The second-order valence-corrected chi connectivity index (χ2v) is 38.4. The number of ether oxygens (including phenoxy) is 3. The van der Waals surface area contributed by atoms with Crippen molar-refractivity contribution in [3.63, 3.8) is 0 Å². The SMILES string of the molecule is CO[Si](O[C@H]1C(=O)[C@@]2(C)C([C@H](OC(=O)c3ccccc3)[C@]3(O[Si](C)C)C[C@H](O[Si](OC)(C(C)C)C(C)C)C(C)=C1C3(C)C)[C@]1(OC(C)=O)CO[C@@H]1C[C@@H]2O[Si](OC)(C(C)C)C(C)C)(C(C)C)C(C)C. The number of Topliss-reactive ketones (excluding diaryl/α,β-unsaturated/α-hetero) is 1. The molecule has 3 fully saturated rings. The molecule has 0 N–H and O–H groups in total. The van der Waals surface area contributed by atoms with Crippen LogP contribution in [0.4, 0.5) is 0 Å². The fourth-order valence-corrected chi connectivity index (χ4v) is 25.6. The van der Waals surface area contributed by atoms with Gasteiger partial charge in [0.05, 0.1) is 35.7 Å². The van der Waals surface area contributed by atoms with E-state index in [1.807, 2.05) is 13.0 Å². The third kappa shape index (κ3) is 9.39. The average Bonchev–Trinajstić information content (AvgIpc) is 3.25. The molecule has 1 aromatic rings. The van der Waals surface area contributed by atoms with E-state index in [9.17, 15) is 4.79 Å². The van der Waals surface area contributed by atoms with Gasteiger partial charge in [-0.05, 0) is 83.5 Å². The van der Waals surface area contributed by atoms with Gasteiger partial charge in [-0.15, -0.1) is 0 Å². The van der Waals surface area contributed by atoms with Crippen molar-refractivity contribution >= 4 is 52.4 Å². The molecule has 1 saturated heterocycles. The Morgan fingerprint density at radius 3 is 1.64 bits per heavy atom. The van der Waals surface area contributed by atoms with Crippen LogP contribution in [0.1, 0.15) is 141 Å². The molecule has 69 heavy (non-hydrogen) atoms. The number of esters is 2. The number of carbonyl (C=O) groups excluding carboxylic acids is 3. The fourth-order valence-electron chi connectivity index (χ4n) is 13.6. The first-order valence-corrected chi connectivity index (χ1v) is 33.8. The zero-order valence-corrected chi connectivity index (χ0v) is 50.2. The number of benzene rings is 1. The molecule has 3 aliphatic carbocycles. The molecule has 0 amide bonds. The van der Waals surface area contributed by atoms with E-state index in [2.05, 4.69) is 117 Å². The van der Waals surface area contributed by atoms with Crippen LogP contribution >= 0.6 is 0 Å². The Morgan fingerprint density at radius 2 is 1.22 bits per heavy atom. The van der Waals surface area contributed by atoms with Gasteiger partial charge in [-0.1, -0.05) is 115 Å². The Labute approximate surface area is 420 Å². The van der Waals surface area contributed by atoms with Gasteiger partial charge in [-0.2, -0.15) is 0 Å². The van der Waals surface area contributed by atoms with Crippen molar-refractivity contribution in [2.24, 2.45) is 16.7 Å². The molecule has 0 spiro atoms. The van der Waals surface area contributed by atoms with Gasteiger partial charge in [-0.3, -0.25) is 9.59 Å². The van der Waals surface area contributed by atoms with Crippen molar-refractivity contribution < 1.29 is 59.6 Å². The smallest absolute Gasteiger partial charge is 0.344 e. The van der Waals surface area contributed by atoms with Crippen molar-refractivity contribution in [3.05, 3.63) is 47.0 Å². The van der Waals surface area contributed by atoms with Crippen LogP contribution in [-0.2, 0) is 54.8 Å². The Hall–Kier alpha value is -1.88. The molecule has 0 aromatic heterocycles. The summed E-state index contributed by atoms with van der Waals surface area (Å²) in [7, 11) is -6.27. The minimum atomic E-state index is -3.36. The zero-order chi connectivity index (χ0) is 52.2. The highest BCUT2D eigenvalue weighted by Crippen LogP contribution is 2.67. The molecular formula is C52H89O13Si4. The molecule has 1 heterocycles. The first-order valence-electron chi connectivity index (χ1n) is 25.4. The highest BCUT2D eigenvalue weighted by molar-refractivity contribution is 6.71. The van der Waals surface area contributed by atoms with E-state index in [0.717, 1.165) is 5.57 Å². The van der Waals surface area contributed by atoms with Crippen molar-refractivity contribution in [3.8, 4) is 0 Å². The number of fused-ring (bicyclic) bond motifs is 5. The summed E-state index contributed by atoms with van der Waals surface area (Å²) in [5.74, 6) is -2.55. The van der Waals surface area contributed by atoms with Crippen molar-refractivity contribution in [2.75, 3.05) is 27.9 Å². The summed E-state index contributed by atoms with van der Waals surface area (Å²) in [5.41, 5.74) is -4.04. The Kier molecular flexibility index (Phi) is 17.8. The zero-order valence-electron chi connectivity index (χ0n) is 46.2. The molecule has 1 unspecified atom stereocenters. The highest BCUT2D eigenvalue weighted by atomic mass is 28.4. The molecule has 9 atom stereocenters. The molecular weight excluding hydrogens is 945 g/mol. The molecule has 1 aliphatic heterocycles. The first kappa shape index (κ1) is 58.0. The average molecular weight is 1030 g/mol. The molecule has 1 radical (unpaired) electrons. The first-order chi connectivity index (χ1) is 31.9. The lowest BCUT2D eigenvalue weighted by atomic mass is 9.44. The number of ketones is 1. The summed E-state index contributed by atoms with van der Waals surface area (Å²) in [6.45, 7) is 39.1. The minimum Gasteiger partial charge on any atom is -0.455 e. The van der Waals surface area contributed by atoms with Gasteiger partial charge < -0.3 is 45.2 Å². The predicted octanol–water partition coefficient (Wildman–Crippen LogP) is 11.2.